The zero-order valence-electron chi connectivity index (χ0n) is 5.75. The van der Waals surface area contributed by atoms with Crippen LogP contribution in [0.5, 0.6) is 0 Å². The van der Waals surface area contributed by atoms with Gasteiger partial charge >= 0.3 is 0 Å². The van der Waals surface area contributed by atoms with Gasteiger partial charge in [0.1, 0.15) is 0 Å². The number of rotatable bonds is 2. The number of methoxy groups -OCH3 is 1. The van der Waals surface area contributed by atoms with Gasteiger partial charge in [0.25, 0.3) is 5.91 Å². The fraction of sp³-hybridized carbons (Fsp3) is 0.333. The minimum atomic E-state index is -0.658. The quantitative estimate of drug-likeness (QED) is 0.242. The van der Waals surface area contributed by atoms with E-state index in [1.54, 1.807) is 6.92 Å². The van der Waals surface area contributed by atoms with Crippen molar-refractivity contribution in [1.29, 1.82) is 0 Å². The number of amides is 1. The van der Waals surface area contributed by atoms with Gasteiger partial charge in [0.15, 0.2) is 0 Å². The average molecular weight is 141 g/mol. The topological polar surface area (TPSA) is 55.7 Å². The van der Waals surface area contributed by atoms with E-state index in [2.05, 4.69) is 9.73 Å². The first-order valence-electron chi connectivity index (χ1n) is 2.55. The molecule has 0 spiro atoms. The molecule has 0 fully saturated rings. The van der Waals surface area contributed by atoms with Gasteiger partial charge in [0, 0.05) is 6.08 Å². The van der Waals surface area contributed by atoms with Gasteiger partial charge in [-0.2, -0.15) is 0 Å². The van der Waals surface area contributed by atoms with E-state index in [1.807, 2.05) is 0 Å². The highest BCUT2D eigenvalue weighted by Crippen LogP contribution is 1.91. The summed E-state index contributed by atoms with van der Waals surface area (Å²) in [6.07, 6.45) is 2.22. The van der Waals surface area contributed by atoms with Crippen molar-refractivity contribution < 1.29 is 14.3 Å². The minimum Gasteiger partial charge on any atom is -0.501 e. The maximum absolute atomic E-state index is 10.4. The maximum Gasteiger partial charge on any atom is 0.283 e. The lowest BCUT2D eigenvalue weighted by molar-refractivity contribution is -0.113. The SMILES string of the molecule is CO/C(C)=C\C(=O)N=C=O. The molecule has 0 saturated heterocycles. The average Bonchev–Trinajstić information content (AvgIpc) is 1.88. The summed E-state index contributed by atoms with van der Waals surface area (Å²) in [6.45, 7) is 1.58. The number of hydrogen-bond donors (Lipinski definition) is 0. The fourth-order valence-corrected chi connectivity index (χ4v) is 0.310. The first kappa shape index (κ1) is 8.59. The predicted octanol–water partition coefficient (Wildman–Crippen LogP) is 0.399. The number of carbonyl (C=O) groups is 1. The Morgan fingerprint density at radius 1 is 1.70 bits per heavy atom. The highest BCUT2D eigenvalue weighted by atomic mass is 16.5. The molecule has 0 aromatic carbocycles. The largest absolute Gasteiger partial charge is 0.501 e. The van der Waals surface area contributed by atoms with Crippen LogP contribution in [0.4, 0.5) is 0 Å². The van der Waals surface area contributed by atoms with Crippen LogP contribution < -0.4 is 0 Å². The van der Waals surface area contributed by atoms with Crippen molar-refractivity contribution in [2.24, 2.45) is 4.99 Å². The summed E-state index contributed by atoms with van der Waals surface area (Å²) in [5, 5.41) is 0. The van der Waals surface area contributed by atoms with Crippen molar-refractivity contribution >= 4 is 12.0 Å². The zero-order chi connectivity index (χ0) is 7.98. The minimum absolute atomic E-state index is 0.406. The highest BCUT2D eigenvalue weighted by molar-refractivity contribution is 5.91. The Balaban J connectivity index is 4.12. The first-order valence-corrected chi connectivity index (χ1v) is 2.55. The predicted molar refractivity (Wildman–Crippen MR) is 33.9 cm³/mol. The molecule has 0 saturated carbocycles. The summed E-state index contributed by atoms with van der Waals surface area (Å²) in [5.41, 5.74) is 0. The van der Waals surface area contributed by atoms with Crippen molar-refractivity contribution in [3.05, 3.63) is 11.8 Å². The van der Waals surface area contributed by atoms with Gasteiger partial charge in [-0.25, -0.2) is 4.79 Å². The summed E-state index contributed by atoms with van der Waals surface area (Å²) in [6, 6.07) is 0. The number of nitrogens with zero attached hydrogens (tertiary/aromatic N) is 1. The standard InChI is InChI=1S/C6H7NO3/c1-5(10-2)3-6(9)7-4-8/h3H,1-2H3/b5-3-. The molecule has 0 atom stereocenters. The van der Waals surface area contributed by atoms with Crippen LogP contribution in [0, 0.1) is 0 Å². The van der Waals surface area contributed by atoms with Crippen LogP contribution in [-0.2, 0) is 14.3 Å². The number of ether oxygens (including phenoxy) is 1. The van der Waals surface area contributed by atoms with Crippen LogP contribution in [0.25, 0.3) is 0 Å². The molecule has 0 radical (unpaired) electrons. The summed E-state index contributed by atoms with van der Waals surface area (Å²) < 4.78 is 4.62. The first-order chi connectivity index (χ1) is 4.70. The van der Waals surface area contributed by atoms with Gasteiger partial charge < -0.3 is 4.74 Å². The molecule has 0 N–H and O–H groups in total. The summed E-state index contributed by atoms with van der Waals surface area (Å²) in [5.74, 6) is -0.252. The van der Waals surface area contributed by atoms with Crippen LogP contribution in [0.2, 0.25) is 0 Å². The van der Waals surface area contributed by atoms with Gasteiger partial charge in [-0.1, -0.05) is 0 Å². The van der Waals surface area contributed by atoms with Gasteiger partial charge in [0.2, 0.25) is 6.08 Å². The smallest absolute Gasteiger partial charge is 0.283 e. The molecule has 0 rings (SSSR count). The molecule has 10 heavy (non-hydrogen) atoms. The lowest BCUT2D eigenvalue weighted by Crippen LogP contribution is -1.89. The van der Waals surface area contributed by atoms with Crippen LogP contribution in [0.15, 0.2) is 16.8 Å². The summed E-state index contributed by atoms with van der Waals surface area (Å²) in [7, 11) is 1.42. The monoisotopic (exact) mass is 141 g/mol. The molecule has 0 heterocycles. The number of carbonyl (C=O) groups excluding carboxylic acids is 2. The fourth-order valence-electron chi connectivity index (χ4n) is 0.310. The molecule has 0 aliphatic heterocycles. The molecule has 0 aromatic rings. The second-order valence-electron chi connectivity index (χ2n) is 1.50. The number of allylic oxidation sites excluding steroid dienone is 1. The van der Waals surface area contributed by atoms with E-state index in [1.165, 1.54) is 7.11 Å². The van der Waals surface area contributed by atoms with Crippen molar-refractivity contribution in [2.75, 3.05) is 7.11 Å². The summed E-state index contributed by atoms with van der Waals surface area (Å²) in [4.78, 5) is 22.7. The number of aliphatic imine (C=N–C) groups is 1. The number of hydrogen-bond acceptors (Lipinski definition) is 3. The molecule has 54 valence electrons. The van der Waals surface area contributed by atoms with E-state index in [0.717, 1.165) is 12.2 Å². The third-order valence-corrected chi connectivity index (χ3v) is 0.805. The Morgan fingerprint density at radius 2 is 2.30 bits per heavy atom. The lowest BCUT2D eigenvalue weighted by Gasteiger charge is -1.93. The molecule has 4 heteroatoms. The van der Waals surface area contributed by atoms with Gasteiger partial charge in [-0.05, 0) is 6.92 Å². The summed E-state index contributed by atoms with van der Waals surface area (Å²) >= 11 is 0. The Bertz CT molecular complexity index is 201. The van der Waals surface area contributed by atoms with Gasteiger partial charge in [-0.15, -0.1) is 4.99 Å². The molecule has 1 amide bonds. The van der Waals surface area contributed by atoms with E-state index >= 15 is 0 Å². The second kappa shape index (κ2) is 4.47. The molecule has 0 aliphatic carbocycles. The van der Waals surface area contributed by atoms with Crippen LogP contribution in [0.1, 0.15) is 6.92 Å². The Labute approximate surface area is 58.2 Å². The van der Waals surface area contributed by atoms with Crippen molar-refractivity contribution in [2.45, 2.75) is 6.92 Å². The van der Waals surface area contributed by atoms with Crippen LogP contribution >= 0.6 is 0 Å². The normalized spacial score (nSPS) is 10.0. The lowest BCUT2D eigenvalue weighted by atomic mass is 10.5. The van der Waals surface area contributed by atoms with Crippen molar-refractivity contribution in [3.8, 4) is 0 Å². The molecule has 0 bridgehead atoms. The third-order valence-electron chi connectivity index (χ3n) is 0.805. The second-order valence-corrected chi connectivity index (χ2v) is 1.50. The molecule has 4 nitrogen and oxygen atoms in total. The zero-order valence-corrected chi connectivity index (χ0v) is 5.75. The third kappa shape index (κ3) is 3.57. The Kier molecular flexibility index (Phi) is 3.84. The van der Waals surface area contributed by atoms with Crippen LogP contribution in [-0.4, -0.2) is 19.1 Å². The van der Waals surface area contributed by atoms with E-state index < -0.39 is 5.91 Å². The van der Waals surface area contributed by atoms with E-state index in [0.29, 0.717) is 5.76 Å². The van der Waals surface area contributed by atoms with Crippen LogP contribution in [0.3, 0.4) is 0 Å². The van der Waals surface area contributed by atoms with E-state index in [9.17, 15) is 9.59 Å². The molecular formula is C6H7NO3. The number of isocyanates is 1. The van der Waals surface area contributed by atoms with Crippen molar-refractivity contribution in [1.82, 2.24) is 0 Å². The Morgan fingerprint density at radius 3 is 2.70 bits per heavy atom. The van der Waals surface area contributed by atoms with Crippen molar-refractivity contribution in [3.63, 3.8) is 0 Å². The van der Waals surface area contributed by atoms with Gasteiger partial charge in [-0.3, -0.25) is 4.79 Å². The molecular weight excluding hydrogens is 134 g/mol. The Hall–Kier alpha value is -1.41. The highest BCUT2D eigenvalue weighted by Gasteiger charge is 1.92. The molecule has 0 aliphatic rings. The molecule has 0 unspecified atom stereocenters. The van der Waals surface area contributed by atoms with E-state index in [4.69, 9.17) is 0 Å². The maximum atomic E-state index is 10.4. The molecule has 0 aromatic heterocycles. The van der Waals surface area contributed by atoms with Gasteiger partial charge in [0.05, 0.1) is 12.9 Å². The van der Waals surface area contributed by atoms with E-state index in [-0.39, 0.29) is 0 Å².